The van der Waals surface area contributed by atoms with Gasteiger partial charge in [0.2, 0.25) is 0 Å². The maximum Gasteiger partial charge on any atom is 0.124 e. The van der Waals surface area contributed by atoms with Crippen LogP contribution in [0, 0.1) is 0 Å². The van der Waals surface area contributed by atoms with Crippen molar-refractivity contribution in [1.29, 1.82) is 0 Å². The summed E-state index contributed by atoms with van der Waals surface area (Å²) < 4.78 is 0. The summed E-state index contributed by atoms with van der Waals surface area (Å²) in [6.45, 7) is 0. The summed E-state index contributed by atoms with van der Waals surface area (Å²) in [5, 5.41) is 4.47. The first-order valence-electron chi connectivity index (χ1n) is 7.23. The van der Waals surface area contributed by atoms with Crippen LogP contribution in [0.15, 0.2) is 30.6 Å². The van der Waals surface area contributed by atoms with E-state index in [2.05, 4.69) is 27.4 Å². The van der Waals surface area contributed by atoms with Gasteiger partial charge >= 0.3 is 0 Å². The fourth-order valence-corrected chi connectivity index (χ4v) is 4.08. The summed E-state index contributed by atoms with van der Waals surface area (Å²) >= 11 is 1.82. The molecule has 1 N–H and O–H groups in total. The summed E-state index contributed by atoms with van der Waals surface area (Å²) in [6, 6.07) is 6.60. The Bertz CT molecular complexity index is 796. The van der Waals surface area contributed by atoms with Crippen molar-refractivity contribution < 1.29 is 0 Å². The Kier molecular flexibility index (Phi) is 3.16. The van der Waals surface area contributed by atoms with Crippen LogP contribution in [-0.2, 0) is 6.42 Å². The third-order valence-corrected chi connectivity index (χ3v) is 5.20. The van der Waals surface area contributed by atoms with E-state index in [1.54, 1.807) is 12.4 Å². The molecule has 1 aliphatic rings. The zero-order valence-corrected chi connectivity index (χ0v) is 12.7. The molecular weight excluding hydrogens is 280 g/mol. The van der Waals surface area contributed by atoms with E-state index in [0.29, 0.717) is 6.04 Å². The van der Waals surface area contributed by atoms with E-state index in [1.165, 1.54) is 23.4 Å². The van der Waals surface area contributed by atoms with Crippen LogP contribution in [0.4, 0.5) is 0 Å². The first-order chi connectivity index (χ1) is 10.3. The SMILES string of the molecule is CNC1CCCc2sc(-c3ccc4nccnc4c3)nc21. The van der Waals surface area contributed by atoms with Crippen molar-refractivity contribution in [2.45, 2.75) is 25.3 Å². The molecule has 0 bridgehead atoms. The number of hydrogen-bond acceptors (Lipinski definition) is 5. The van der Waals surface area contributed by atoms with Crippen LogP contribution in [0.1, 0.15) is 29.5 Å². The normalized spacial score (nSPS) is 17.9. The van der Waals surface area contributed by atoms with Gasteiger partial charge in [-0.1, -0.05) is 0 Å². The molecular formula is C16H16N4S. The largest absolute Gasteiger partial charge is 0.312 e. The molecule has 0 saturated heterocycles. The molecule has 0 aliphatic heterocycles. The second kappa shape index (κ2) is 5.16. The van der Waals surface area contributed by atoms with Crippen LogP contribution in [0.3, 0.4) is 0 Å². The van der Waals surface area contributed by atoms with Crippen molar-refractivity contribution in [3.05, 3.63) is 41.2 Å². The molecule has 5 heteroatoms. The van der Waals surface area contributed by atoms with E-state index in [4.69, 9.17) is 4.98 Å². The van der Waals surface area contributed by atoms with Gasteiger partial charge in [0, 0.05) is 22.8 Å². The van der Waals surface area contributed by atoms with Gasteiger partial charge in [0.25, 0.3) is 0 Å². The highest BCUT2D eigenvalue weighted by Crippen LogP contribution is 2.37. The molecule has 3 aromatic rings. The van der Waals surface area contributed by atoms with Crippen molar-refractivity contribution in [2.24, 2.45) is 0 Å². The molecule has 4 rings (SSSR count). The number of fused-ring (bicyclic) bond motifs is 2. The van der Waals surface area contributed by atoms with E-state index in [9.17, 15) is 0 Å². The van der Waals surface area contributed by atoms with E-state index in [1.807, 2.05) is 24.5 Å². The molecule has 1 atom stereocenters. The molecule has 0 radical (unpaired) electrons. The number of nitrogens with one attached hydrogen (secondary N) is 1. The third-order valence-electron chi connectivity index (χ3n) is 4.02. The molecule has 0 fully saturated rings. The highest BCUT2D eigenvalue weighted by Gasteiger charge is 2.23. The highest BCUT2D eigenvalue weighted by atomic mass is 32.1. The van der Waals surface area contributed by atoms with Gasteiger partial charge < -0.3 is 5.32 Å². The summed E-state index contributed by atoms with van der Waals surface area (Å²) in [7, 11) is 2.02. The Morgan fingerprint density at radius 2 is 2.05 bits per heavy atom. The minimum absolute atomic E-state index is 0.402. The molecule has 106 valence electrons. The molecule has 2 heterocycles. The standard InChI is InChI=1S/C16H16N4S/c1-17-12-3-2-4-14-15(12)20-16(21-14)10-5-6-11-13(9-10)19-8-7-18-11/h5-9,12,17H,2-4H2,1H3. The lowest BCUT2D eigenvalue weighted by molar-refractivity contribution is 0.490. The van der Waals surface area contributed by atoms with Gasteiger partial charge in [0.15, 0.2) is 0 Å². The minimum Gasteiger partial charge on any atom is -0.312 e. The Morgan fingerprint density at radius 1 is 1.19 bits per heavy atom. The predicted molar refractivity (Wildman–Crippen MR) is 85.4 cm³/mol. The maximum absolute atomic E-state index is 4.89. The lowest BCUT2D eigenvalue weighted by Gasteiger charge is -2.19. The van der Waals surface area contributed by atoms with Crippen molar-refractivity contribution in [3.63, 3.8) is 0 Å². The smallest absolute Gasteiger partial charge is 0.124 e. The van der Waals surface area contributed by atoms with Gasteiger partial charge in [-0.25, -0.2) is 4.98 Å². The zero-order valence-electron chi connectivity index (χ0n) is 11.8. The molecule has 2 aromatic heterocycles. The average molecular weight is 296 g/mol. The Labute approximate surface area is 127 Å². The van der Waals surface area contributed by atoms with Crippen LogP contribution in [0.25, 0.3) is 21.6 Å². The summed E-state index contributed by atoms with van der Waals surface area (Å²) in [5.74, 6) is 0. The van der Waals surface area contributed by atoms with Gasteiger partial charge in [-0.15, -0.1) is 11.3 Å². The van der Waals surface area contributed by atoms with Gasteiger partial charge in [-0.3, -0.25) is 9.97 Å². The Morgan fingerprint density at radius 3 is 2.90 bits per heavy atom. The van der Waals surface area contributed by atoms with E-state index >= 15 is 0 Å². The maximum atomic E-state index is 4.89. The van der Waals surface area contributed by atoms with Crippen molar-refractivity contribution >= 4 is 22.4 Å². The first kappa shape index (κ1) is 12.9. The van der Waals surface area contributed by atoms with Gasteiger partial charge in [0.1, 0.15) is 5.01 Å². The lowest BCUT2D eigenvalue weighted by atomic mass is 9.98. The number of aryl methyl sites for hydroxylation is 1. The summed E-state index contributed by atoms with van der Waals surface area (Å²) in [5.41, 5.74) is 4.23. The topological polar surface area (TPSA) is 50.7 Å². The van der Waals surface area contributed by atoms with Crippen LogP contribution >= 0.6 is 11.3 Å². The highest BCUT2D eigenvalue weighted by molar-refractivity contribution is 7.15. The van der Waals surface area contributed by atoms with Gasteiger partial charge in [-0.05, 0) is 44.5 Å². The second-order valence-corrected chi connectivity index (χ2v) is 6.40. The molecule has 1 aliphatic carbocycles. The molecule has 0 amide bonds. The quantitative estimate of drug-likeness (QED) is 0.788. The fraction of sp³-hybridized carbons (Fsp3) is 0.312. The second-order valence-electron chi connectivity index (χ2n) is 5.32. The summed E-state index contributed by atoms with van der Waals surface area (Å²) in [6.07, 6.45) is 7.02. The number of benzene rings is 1. The number of thiazole rings is 1. The molecule has 0 spiro atoms. The summed E-state index contributed by atoms with van der Waals surface area (Å²) in [4.78, 5) is 15.0. The zero-order chi connectivity index (χ0) is 14.2. The third kappa shape index (κ3) is 2.22. The van der Waals surface area contributed by atoms with E-state index < -0.39 is 0 Å². The number of aromatic nitrogens is 3. The number of nitrogens with zero attached hydrogens (tertiary/aromatic N) is 3. The Balaban J connectivity index is 1.80. The van der Waals surface area contributed by atoms with Crippen molar-refractivity contribution in [2.75, 3.05) is 7.05 Å². The lowest BCUT2D eigenvalue weighted by Crippen LogP contribution is -2.21. The molecule has 1 unspecified atom stereocenters. The molecule has 4 nitrogen and oxygen atoms in total. The average Bonchev–Trinajstić information content (AvgIpc) is 2.98. The van der Waals surface area contributed by atoms with Crippen LogP contribution in [-0.4, -0.2) is 22.0 Å². The van der Waals surface area contributed by atoms with Crippen LogP contribution in [0.2, 0.25) is 0 Å². The van der Waals surface area contributed by atoms with E-state index in [0.717, 1.165) is 28.0 Å². The molecule has 0 saturated carbocycles. The molecule has 1 aromatic carbocycles. The predicted octanol–water partition coefficient (Wildman–Crippen LogP) is 3.35. The first-order valence-corrected chi connectivity index (χ1v) is 8.05. The van der Waals surface area contributed by atoms with Gasteiger partial charge in [-0.2, -0.15) is 0 Å². The van der Waals surface area contributed by atoms with Crippen LogP contribution in [0.5, 0.6) is 0 Å². The minimum atomic E-state index is 0.402. The van der Waals surface area contributed by atoms with Crippen molar-refractivity contribution in [1.82, 2.24) is 20.3 Å². The monoisotopic (exact) mass is 296 g/mol. The molecule has 21 heavy (non-hydrogen) atoms. The van der Waals surface area contributed by atoms with Crippen LogP contribution < -0.4 is 5.32 Å². The Hall–Kier alpha value is -1.85. The number of hydrogen-bond donors (Lipinski definition) is 1. The number of rotatable bonds is 2. The fourth-order valence-electron chi connectivity index (χ4n) is 2.92. The van der Waals surface area contributed by atoms with E-state index in [-0.39, 0.29) is 0 Å². The van der Waals surface area contributed by atoms with Crippen molar-refractivity contribution in [3.8, 4) is 10.6 Å². The van der Waals surface area contributed by atoms with Gasteiger partial charge in [0.05, 0.1) is 22.8 Å².